The largest absolute Gasteiger partial charge is 0.327 e. The van der Waals surface area contributed by atoms with E-state index in [0.717, 1.165) is 29.9 Å². The molecular formula is C21H21ClN4O. The molecule has 1 fully saturated rings. The summed E-state index contributed by atoms with van der Waals surface area (Å²) in [5, 5.41) is 5.07. The lowest BCUT2D eigenvalue weighted by Crippen LogP contribution is -2.36. The molecular weight excluding hydrogens is 360 g/mol. The molecule has 1 unspecified atom stereocenters. The molecule has 0 bridgehead atoms. The van der Waals surface area contributed by atoms with Crippen molar-refractivity contribution in [2.45, 2.75) is 38.8 Å². The van der Waals surface area contributed by atoms with E-state index < -0.39 is 0 Å². The first-order valence-electron chi connectivity index (χ1n) is 9.10. The van der Waals surface area contributed by atoms with Crippen LogP contribution in [-0.4, -0.2) is 31.6 Å². The quantitative estimate of drug-likeness (QED) is 0.650. The zero-order valence-electron chi connectivity index (χ0n) is 15.3. The van der Waals surface area contributed by atoms with Crippen molar-refractivity contribution in [3.05, 3.63) is 76.8 Å². The molecule has 3 aromatic rings. The van der Waals surface area contributed by atoms with E-state index in [1.165, 1.54) is 0 Å². The highest BCUT2D eigenvalue weighted by Gasteiger charge is 2.38. The smallest absolute Gasteiger partial charge is 0.258 e. The SMILES string of the molecule is Cc1c(C(=O)N(C2CC2)C(C)c2ccccn2)cnn1-c1cccc(Cl)c1. The normalized spacial score (nSPS) is 14.8. The van der Waals surface area contributed by atoms with Crippen molar-refractivity contribution in [3.8, 4) is 5.69 Å². The molecule has 5 nitrogen and oxygen atoms in total. The van der Waals surface area contributed by atoms with E-state index in [1.807, 2.05) is 61.2 Å². The first kappa shape index (κ1) is 17.7. The third-order valence-corrected chi connectivity index (χ3v) is 5.24. The first-order chi connectivity index (χ1) is 13.1. The number of hydrogen-bond acceptors (Lipinski definition) is 3. The zero-order chi connectivity index (χ0) is 19.0. The number of pyridine rings is 1. The Morgan fingerprint density at radius 2 is 2.07 bits per heavy atom. The minimum atomic E-state index is -0.0832. The van der Waals surface area contributed by atoms with Crippen molar-refractivity contribution in [2.24, 2.45) is 0 Å². The number of benzene rings is 1. The van der Waals surface area contributed by atoms with E-state index in [1.54, 1.807) is 17.1 Å². The maximum absolute atomic E-state index is 13.4. The predicted molar refractivity (Wildman–Crippen MR) is 105 cm³/mol. The van der Waals surface area contributed by atoms with Gasteiger partial charge in [-0.25, -0.2) is 4.68 Å². The highest BCUT2D eigenvalue weighted by Crippen LogP contribution is 2.35. The van der Waals surface area contributed by atoms with Crippen LogP contribution in [0.1, 0.15) is 47.6 Å². The second-order valence-corrected chi connectivity index (χ2v) is 7.35. The minimum Gasteiger partial charge on any atom is -0.327 e. The molecule has 2 aromatic heterocycles. The Balaban J connectivity index is 1.67. The van der Waals surface area contributed by atoms with Gasteiger partial charge in [-0.3, -0.25) is 9.78 Å². The van der Waals surface area contributed by atoms with Gasteiger partial charge in [-0.05, 0) is 57.0 Å². The third kappa shape index (κ3) is 3.47. The van der Waals surface area contributed by atoms with Gasteiger partial charge in [0.05, 0.1) is 34.9 Å². The van der Waals surface area contributed by atoms with Gasteiger partial charge in [-0.15, -0.1) is 0 Å². The lowest BCUT2D eigenvalue weighted by Gasteiger charge is -2.29. The van der Waals surface area contributed by atoms with Crippen molar-refractivity contribution in [1.82, 2.24) is 19.7 Å². The fraction of sp³-hybridized carbons (Fsp3) is 0.286. The molecule has 0 N–H and O–H groups in total. The summed E-state index contributed by atoms with van der Waals surface area (Å²) in [5.41, 5.74) is 3.17. The summed E-state index contributed by atoms with van der Waals surface area (Å²) in [6, 6.07) is 13.5. The molecule has 4 rings (SSSR count). The molecule has 0 saturated heterocycles. The maximum Gasteiger partial charge on any atom is 0.258 e. The first-order valence-corrected chi connectivity index (χ1v) is 9.48. The van der Waals surface area contributed by atoms with Crippen LogP contribution in [0.25, 0.3) is 5.69 Å². The van der Waals surface area contributed by atoms with Crippen molar-refractivity contribution in [1.29, 1.82) is 0 Å². The summed E-state index contributed by atoms with van der Waals surface area (Å²) in [5.74, 6) is 0.00133. The lowest BCUT2D eigenvalue weighted by molar-refractivity contribution is 0.0669. The van der Waals surface area contributed by atoms with Gasteiger partial charge in [0, 0.05) is 17.3 Å². The number of hydrogen-bond donors (Lipinski definition) is 0. The predicted octanol–water partition coefficient (Wildman–Crippen LogP) is 4.59. The van der Waals surface area contributed by atoms with Crippen LogP contribution < -0.4 is 0 Å². The van der Waals surface area contributed by atoms with Gasteiger partial charge in [-0.1, -0.05) is 23.7 Å². The number of aromatic nitrogens is 3. The second-order valence-electron chi connectivity index (χ2n) is 6.91. The van der Waals surface area contributed by atoms with Gasteiger partial charge in [0.15, 0.2) is 0 Å². The molecule has 0 radical (unpaired) electrons. The molecule has 1 aliphatic carbocycles. The molecule has 0 spiro atoms. The summed E-state index contributed by atoms with van der Waals surface area (Å²) in [6.45, 7) is 3.95. The minimum absolute atomic E-state index is 0.00133. The van der Waals surface area contributed by atoms with Crippen LogP contribution in [0.3, 0.4) is 0 Å². The zero-order valence-corrected chi connectivity index (χ0v) is 16.1. The Bertz CT molecular complexity index is 965. The van der Waals surface area contributed by atoms with Crippen LogP contribution in [0.2, 0.25) is 5.02 Å². The standard InChI is InChI=1S/C21H21ClN4O/c1-14-19(13-24-26(14)18-7-5-6-16(22)12-18)21(27)25(17-9-10-17)15(2)20-8-3-4-11-23-20/h3-8,11-13,15,17H,9-10H2,1-2H3. The average molecular weight is 381 g/mol. The molecule has 138 valence electrons. The maximum atomic E-state index is 13.4. The Kier molecular flexibility index (Phi) is 4.70. The van der Waals surface area contributed by atoms with Gasteiger partial charge in [0.2, 0.25) is 0 Å². The van der Waals surface area contributed by atoms with Crippen LogP contribution in [0.4, 0.5) is 0 Å². The summed E-state index contributed by atoms with van der Waals surface area (Å²) < 4.78 is 1.76. The molecule has 1 aromatic carbocycles. The number of carbonyl (C=O) groups is 1. The van der Waals surface area contributed by atoms with Crippen LogP contribution >= 0.6 is 11.6 Å². The second kappa shape index (κ2) is 7.16. The number of rotatable bonds is 5. The molecule has 1 amide bonds. The lowest BCUT2D eigenvalue weighted by atomic mass is 10.1. The Labute approximate surface area is 163 Å². The number of carbonyl (C=O) groups excluding carboxylic acids is 1. The van der Waals surface area contributed by atoms with E-state index in [0.29, 0.717) is 10.6 Å². The molecule has 0 aliphatic heterocycles. The van der Waals surface area contributed by atoms with E-state index in [9.17, 15) is 4.79 Å². The van der Waals surface area contributed by atoms with Crippen LogP contribution in [0.5, 0.6) is 0 Å². The summed E-state index contributed by atoms with van der Waals surface area (Å²) in [7, 11) is 0. The highest BCUT2D eigenvalue weighted by atomic mass is 35.5. The van der Waals surface area contributed by atoms with Crippen molar-refractivity contribution in [2.75, 3.05) is 0 Å². The number of halogens is 1. The van der Waals surface area contributed by atoms with Gasteiger partial charge >= 0.3 is 0 Å². The molecule has 2 heterocycles. The molecule has 1 saturated carbocycles. The van der Waals surface area contributed by atoms with Crippen molar-refractivity contribution in [3.63, 3.8) is 0 Å². The third-order valence-electron chi connectivity index (χ3n) is 5.00. The molecule has 6 heteroatoms. The Hall–Kier alpha value is -2.66. The topological polar surface area (TPSA) is 51.0 Å². The van der Waals surface area contributed by atoms with Gasteiger partial charge in [-0.2, -0.15) is 5.10 Å². The van der Waals surface area contributed by atoms with Crippen LogP contribution in [-0.2, 0) is 0 Å². The van der Waals surface area contributed by atoms with Gasteiger partial charge in [0.1, 0.15) is 0 Å². The van der Waals surface area contributed by atoms with E-state index in [2.05, 4.69) is 10.1 Å². The average Bonchev–Trinajstić information content (AvgIpc) is 3.43. The summed E-state index contributed by atoms with van der Waals surface area (Å²) >= 11 is 6.10. The van der Waals surface area contributed by atoms with E-state index in [4.69, 9.17) is 11.6 Å². The van der Waals surface area contributed by atoms with Crippen molar-refractivity contribution < 1.29 is 4.79 Å². The van der Waals surface area contributed by atoms with Gasteiger partial charge in [0.25, 0.3) is 5.91 Å². The highest BCUT2D eigenvalue weighted by molar-refractivity contribution is 6.30. The van der Waals surface area contributed by atoms with E-state index >= 15 is 0 Å². The Morgan fingerprint density at radius 3 is 2.74 bits per heavy atom. The van der Waals surface area contributed by atoms with E-state index in [-0.39, 0.29) is 18.0 Å². The summed E-state index contributed by atoms with van der Waals surface area (Å²) in [4.78, 5) is 19.8. The van der Waals surface area contributed by atoms with Gasteiger partial charge < -0.3 is 4.90 Å². The number of nitrogens with zero attached hydrogens (tertiary/aromatic N) is 4. The molecule has 1 atom stereocenters. The monoisotopic (exact) mass is 380 g/mol. The summed E-state index contributed by atoms with van der Waals surface area (Å²) in [6.07, 6.45) is 5.48. The number of amides is 1. The fourth-order valence-electron chi connectivity index (χ4n) is 3.40. The molecule has 27 heavy (non-hydrogen) atoms. The molecule has 1 aliphatic rings. The van der Waals surface area contributed by atoms with Crippen LogP contribution in [0.15, 0.2) is 54.9 Å². The fourth-order valence-corrected chi connectivity index (χ4v) is 3.59. The Morgan fingerprint density at radius 1 is 1.26 bits per heavy atom. The van der Waals surface area contributed by atoms with Crippen molar-refractivity contribution >= 4 is 17.5 Å². The van der Waals surface area contributed by atoms with Crippen LogP contribution in [0, 0.1) is 6.92 Å².